The lowest BCUT2D eigenvalue weighted by atomic mass is 10.2. The van der Waals surface area contributed by atoms with E-state index in [-0.39, 0.29) is 0 Å². The smallest absolute Gasteiger partial charge is 0.217 e. The normalized spacial score (nSPS) is 24.3. The van der Waals surface area contributed by atoms with Gasteiger partial charge in [-0.3, -0.25) is 5.10 Å². The van der Waals surface area contributed by atoms with Gasteiger partial charge in [0.2, 0.25) is 4.73 Å². The van der Waals surface area contributed by atoms with Crippen molar-refractivity contribution in [2.75, 3.05) is 6.54 Å². The highest BCUT2D eigenvalue weighted by Crippen LogP contribution is 2.19. The Hall–Kier alpha value is -0.420. The van der Waals surface area contributed by atoms with Crippen molar-refractivity contribution in [3.8, 4) is 0 Å². The molecule has 1 aliphatic rings. The highest BCUT2D eigenvalue weighted by molar-refractivity contribution is 9.10. The predicted molar refractivity (Wildman–Crippen MR) is 44.1 cm³/mol. The third-order valence-corrected chi connectivity index (χ3v) is 2.22. The van der Waals surface area contributed by atoms with Crippen LogP contribution in [0, 0.1) is 0 Å². The fourth-order valence-corrected chi connectivity index (χ4v) is 1.61. The van der Waals surface area contributed by atoms with Crippen LogP contribution in [0.3, 0.4) is 0 Å². The molecular weight excluding hydrogens is 208 g/mol. The van der Waals surface area contributed by atoms with Gasteiger partial charge >= 0.3 is 0 Å². The minimum absolute atomic E-state index is 0.383. The lowest BCUT2D eigenvalue weighted by Gasteiger charge is -2.03. The fourth-order valence-electron chi connectivity index (χ4n) is 1.33. The summed E-state index contributed by atoms with van der Waals surface area (Å²) in [6.45, 7) is 1.09. The number of aromatic amines is 1. The van der Waals surface area contributed by atoms with Gasteiger partial charge in [-0.25, -0.2) is 4.98 Å². The molecule has 2 N–H and O–H groups in total. The minimum Gasteiger partial charge on any atom is -0.307 e. The van der Waals surface area contributed by atoms with Crippen molar-refractivity contribution in [1.29, 1.82) is 0 Å². The molecule has 2 rings (SSSR count). The van der Waals surface area contributed by atoms with Crippen LogP contribution in [0.5, 0.6) is 0 Å². The zero-order valence-corrected chi connectivity index (χ0v) is 7.56. The molecule has 1 fully saturated rings. The quantitative estimate of drug-likeness (QED) is 0.737. The van der Waals surface area contributed by atoms with E-state index in [0.29, 0.717) is 10.8 Å². The Morgan fingerprint density at radius 2 is 2.45 bits per heavy atom. The van der Waals surface area contributed by atoms with Crippen LogP contribution in [0.1, 0.15) is 24.7 Å². The summed E-state index contributed by atoms with van der Waals surface area (Å²) in [6, 6.07) is 0.383. The molecule has 5 heteroatoms. The van der Waals surface area contributed by atoms with E-state index in [1.165, 1.54) is 6.42 Å². The molecule has 60 valence electrons. The van der Waals surface area contributed by atoms with E-state index < -0.39 is 0 Å². The zero-order chi connectivity index (χ0) is 7.68. The molecule has 11 heavy (non-hydrogen) atoms. The predicted octanol–water partition coefficient (Wildman–Crippen LogP) is 0.992. The maximum Gasteiger partial charge on any atom is 0.217 e. The van der Waals surface area contributed by atoms with E-state index in [4.69, 9.17) is 0 Å². The maximum absolute atomic E-state index is 4.18. The number of nitrogens with one attached hydrogen (secondary N) is 2. The molecule has 0 aliphatic carbocycles. The van der Waals surface area contributed by atoms with Crippen LogP contribution in [0.4, 0.5) is 0 Å². The third kappa shape index (κ3) is 1.44. The molecule has 0 bridgehead atoms. The summed E-state index contributed by atoms with van der Waals surface area (Å²) in [6.07, 6.45) is 2.38. The van der Waals surface area contributed by atoms with Crippen LogP contribution >= 0.6 is 15.9 Å². The van der Waals surface area contributed by atoms with Gasteiger partial charge in [0, 0.05) is 0 Å². The number of H-pyrrole nitrogens is 1. The Morgan fingerprint density at radius 1 is 1.55 bits per heavy atom. The Kier molecular flexibility index (Phi) is 1.91. The van der Waals surface area contributed by atoms with Crippen LogP contribution < -0.4 is 5.32 Å². The van der Waals surface area contributed by atoms with Crippen LogP contribution in [0.25, 0.3) is 0 Å². The Morgan fingerprint density at radius 3 is 3.00 bits per heavy atom. The Labute approximate surface area is 72.9 Å². The molecule has 1 aromatic rings. The minimum atomic E-state index is 0.383. The lowest BCUT2D eigenvalue weighted by molar-refractivity contribution is 0.607. The highest BCUT2D eigenvalue weighted by Gasteiger charge is 2.18. The Bertz CT molecular complexity index is 240. The van der Waals surface area contributed by atoms with Gasteiger partial charge in [-0.05, 0) is 35.3 Å². The van der Waals surface area contributed by atoms with E-state index in [9.17, 15) is 0 Å². The molecule has 2 heterocycles. The summed E-state index contributed by atoms with van der Waals surface area (Å²) in [5, 5.41) is 10.1. The van der Waals surface area contributed by atoms with Gasteiger partial charge in [-0.15, -0.1) is 5.10 Å². The SMILES string of the molecule is Brc1n[nH]c([C@@H]2CCCN2)n1. The van der Waals surface area contributed by atoms with E-state index in [2.05, 4.69) is 36.4 Å². The highest BCUT2D eigenvalue weighted by atomic mass is 79.9. The molecule has 1 aromatic heterocycles. The number of halogens is 1. The zero-order valence-electron chi connectivity index (χ0n) is 5.97. The van der Waals surface area contributed by atoms with Crippen LogP contribution in [0.2, 0.25) is 0 Å². The molecule has 0 aromatic carbocycles. The summed E-state index contributed by atoms with van der Waals surface area (Å²) < 4.78 is 0.640. The van der Waals surface area contributed by atoms with Crippen molar-refractivity contribution in [3.05, 3.63) is 10.6 Å². The molecule has 0 spiro atoms. The van der Waals surface area contributed by atoms with Crippen molar-refractivity contribution in [2.24, 2.45) is 0 Å². The van der Waals surface area contributed by atoms with Gasteiger partial charge in [0.15, 0.2) is 0 Å². The molecule has 0 saturated carbocycles. The second-order valence-electron chi connectivity index (χ2n) is 2.64. The van der Waals surface area contributed by atoms with Gasteiger partial charge < -0.3 is 5.32 Å². The van der Waals surface area contributed by atoms with Gasteiger partial charge in [-0.1, -0.05) is 0 Å². The van der Waals surface area contributed by atoms with Crippen LogP contribution in [-0.2, 0) is 0 Å². The van der Waals surface area contributed by atoms with Crippen molar-refractivity contribution < 1.29 is 0 Å². The first-order chi connectivity index (χ1) is 5.36. The van der Waals surface area contributed by atoms with Gasteiger partial charge in [0.1, 0.15) is 5.82 Å². The average molecular weight is 217 g/mol. The molecule has 0 amide bonds. The van der Waals surface area contributed by atoms with E-state index in [1.54, 1.807) is 0 Å². The lowest BCUT2D eigenvalue weighted by Crippen LogP contribution is -2.14. The number of hydrogen-bond acceptors (Lipinski definition) is 3. The number of aromatic nitrogens is 3. The first-order valence-corrected chi connectivity index (χ1v) is 4.47. The molecule has 0 unspecified atom stereocenters. The van der Waals surface area contributed by atoms with Crippen molar-refractivity contribution in [3.63, 3.8) is 0 Å². The van der Waals surface area contributed by atoms with Gasteiger partial charge in [0.05, 0.1) is 6.04 Å². The summed E-state index contributed by atoms with van der Waals surface area (Å²) in [5.41, 5.74) is 0. The molecule has 1 aliphatic heterocycles. The molecular formula is C6H9BrN4. The third-order valence-electron chi connectivity index (χ3n) is 1.87. The van der Waals surface area contributed by atoms with Crippen molar-refractivity contribution >= 4 is 15.9 Å². The largest absolute Gasteiger partial charge is 0.307 e. The summed E-state index contributed by atoms with van der Waals surface area (Å²) >= 11 is 3.20. The van der Waals surface area contributed by atoms with Gasteiger partial charge in [-0.2, -0.15) is 0 Å². The van der Waals surface area contributed by atoms with Crippen molar-refractivity contribution in [2.45, 2.75) is 18.9 Å². The first kappa shape index (κ1) is 7.24. The first-order valence-electron chi connectivity index (χ1n) is 3.67. The summed E-state index contributed by atoms with van der Waals surface area (Å²) in [4.78, 5) is 4.18. The fraction of sp³-hybridized carbons (Fsp3) is 0.667. The Balaban J connectivity index is 2.15. The standard InChI is InChI=1S/C6H9BrN4/c7-6-9-5(10-11-6)4-2-1-3-8-4/h4,8H,1-3H2,(H,9,10,11)/t4-/m0/s1. The van der Waals surface area contributed by atoms with E-state index in [0.717, 1.165) is 18.8 Å². The molecule has 4 nitrogen and oxygen atoms in total. The number of hydrogen-bond donors (Lipinski definition) is 2. The topological polar surface area (TPSA) is 53.6 Å². The van der Waals surface area contributed by atoms with Gasteiger partial charge in [0.25, 0.3) is 0 Å². The average Bonchev–Trinajstić information content (AvgIpc) is 2.55. The summed E-state index contributed by atoms with van der Waals surface area (Å²) in [5.74, 6) is 0.939. The summed E-state index contributed by atoms with van der Waals surface area (Å²) in [7, 11) is 0. The van der Waals surface area contributed by atoms with Crippen LogP contribution in [0.15, 0.2) is 4.73 Å². The van der Waals surface area contributed by atoms with Crippen molar-refractivity contribution in [1.82, 2.24) is 20.5 Å². The molecule has 1 atom stereocenters. The van der Waals surface area contributed by atoms with Crippen LogP contribution in [-0.4, -0.2) is 21.7 Å². The van der Waals surface area contributed by atoms with E-state index in [1.807, 2.05) is 0 Å². The number of nitrogens with zero attached hydrogens (tertiary/aromatic N) is 2. The second kappa shape index (κ2) is 2.91. The monoisotopic (exact) mass is 216 g/mol. The van der Waals surface area contributed by atoms with E-state index >= 15 is 0 Å². The maximum atomic E-state index is 4.18. The molecule has 1 saturated heterocycles. The number of rotatable bonds is 1. The molecule has 0 radical (unpaired) electrons. The second-order valence-corrected chi connectivity index (χ2v) is 3.35.